The molecule has 1 heterocycles. The molecule has 172 valence electrons. The number of carbonyl (C=O) groups excluding carboxylic acids is 1. The molecule has 0 spiro atoms. The van der Waals surface area contributed by atoms with Gasteiger partial charge in [0.25, 0.3) is 5.91 Å². The zero-order valence-electron chi connectivity index (χ0n) is 18.2. The fraction of sp³-hybridized carbons (Fsp3) is 0.0769. The van der Waals surface area contributed by atoms with Gasteiger partial charge in [0.05, 0.1) is 6.04 Å². The lowest BCUT2D eigenvalue weighted by Gasteiger charge is -2.19. The van der Waals surface area contributed by atoms with Crippen molar-refractivity contribution < 1.29 is 13.6 Å². The molecule has 0 saturated carbocycles. The van der Waals surface area contributed by atoms with Crippen LogP contribution in [0.5, 0.6) is 0 Å². The van der Waals surface area contributed by atoms with Gasteiger partial charge in [-0.1, -0.05) is 54.6 Å². The average molecular weight is 473 g/mol. The number of benzene rings is 3. The molecule has 2 atom stereocenters. The molecule has 3 aromatic carbocycles. The Labute approximate surface area is 200 Å². The van der Waals surface area contributed by atoms with Crippen molar-refractivity contribution >= 4 is 28.5 Å². The second-order valence-corrected chi connectivity index (χ2v) is 8.45. The van der Waals surface area contributed by atoms with Crippen molar-refractivity contribution in [2.45, 2.75) is 12.5 Å². The van der Waals surface area contributed by atoms with Crippen LogP contribution in [0.25, 0.3) is 11.1 Å². The number of carbonyl (C=O) groups is 1. The number of nitrogen functional groups attached to an aromatic ring is 1. The van der Waals surface area contributed by atoms with E-state index in [2.05, 4.69) is 15.0 Å². The summed E-state index contributed by atoms with van der Waals surface area (Å²) in [6.45, 7) is 0. The minimum atomic E-state index is -2.23. The van der Waals surface area contributed by atoms with E-state index in [1.165, 1.54) is 0 Å². The summed E-state index contributed by atoms with van der Waals surface area (Å²) in [5.41, 5.74) is 11.4. The predicted octanol–water partition coefficient (Wildman–Crippen LogP) is 4.59. The molecule has 8 heteroatoms. The summed E-state index contributed by atoms with van der Waals surface area (Å²) in [7, 11) is 0. The van der Waals surface area contributed by atoms with E-state index in [0.29, 0.717) is 28.9 Å². The molecule has 1 aromatic heterocycles. The lowest BCUT2D eigenvalue weighted by atomic mass is 9.95. The van der Waals surface area contributed by atoms with Gasteiger partial charge < -0.3 is 11.1 Å². The van der Waals surface area contributed by atoms with E-state index in [9.17, 15) is 13.6 Å². The largest absolute Gasteiger partial charge is 0.399 e. The maximum atomic E-state index is 12.7. The third kappa shape index (κ3) is 5.93. The Hall–Kier alpha value is -3.85. The number of hydrogen-bond acceptors (Lipinski definition) is 4. The van der Waals surface area contributed by atoms with Crippen molar-refractivity contribution in [1.29, 1.82) is 0 Å². The van der Waals surface area contributed by atoms with E-state index >= 15 is 0 Å². The van der Waals surface area contributed by atoms with Gasteiger partial charge in [-0.2, -0.15) is 0 Å². The van der Waals surface area contributed by atoms with Crippen molar-refractivity contribution in [3.05, 3.63) is 114 Å². The number of anilines is 2. The van der Waals surface area contributed by atoms with Gasteiger partial charge in [-0.25, -0.2) is 8.93 Å². The van der Waals surface area contributed by atoms with Gasteiger partial charge in [-0.15, -0.1) is 0 Å². The number of nitrogens with one attached hydrogen (secondary N) is 2. The van der Waals surface area contributed by atoms with E-state index in [0.717, 1.165) is 16.7 Å². The lowest BCUT2D eigenvalue weighted by molar-refractivity contribution is 0.102. The minimum absolute atomic E-state index is 0.282. The summed E-state index contributed by atoms with van der Waals surface area (Å²) >= 11 is -2.23. The first-order chi connectivity index (χ1) is 16.5. The Morgan fingerprint density at radius 3 is 2.29 bits per heavy atom. The molecule has 0 aliphatic carbocycles. The highest BCUT2D eigenvalue weighted by Crippen LogP contribution is 2.26. The molecule has 0 aliphatic heterocycles. The van der Waals surface area contributed by atoms with Gasteiger partial charge >= 0.3 is 0 Å². The zero-order valence-corrected chi connectivity index (χ0v) is 19.0. The van der Waals surface area contributed by atoms with Crippen molar-refractivity contribution in [1.82, 2.24) is 9.71 Å². The summed E-state index contributed by atoms with van der Waals surface area (Å²) < 4.78 is 23.8. The fourth-order valence-electron chi connectivity index (χ4n) is 3.67. The predicted molar refractivity (Wildman–Crippen MR) is 135 cm³/mol. The van der Waals surface area contributed by atoms with Gasteiger partial charge in [0.2, 0.25) is 11.3 Å². The normalized spacial score (nSPS) is 12.6. The molecule has 0 saturated heterocycles. The number of nitrogens with two attached hydrogens (primary N) is 1. The fourth-order valence-corrected chi connectivity index (χ4v) is 4.13. The molecular weight excluding hydrogens is 448 g/mol. The van der Waals surface area contributed by atoms with Crippen molar-refractivity contribution in [3.8, 4) is 11.1 Å². The van der Waals surface area contributed by atoms with E-state index in [4.69, 9.17) is 5.73 Å². The molecule has 0 fully saturated rings. The standard InChI is InChI=1S/C26H24N4O3S/c27-24-11-10-21(26(31)29-23-12-14-28-15-13-23)16-22(24)17-25(30-34(32)33)20-8-6-19(7-9-20)18-4-2-1-3-5-18/h1-16,25,30H,17,27H2,(H,32,33)(H,28,29,31). The highest BCUT2D eigenvalue weighted by molar-refractivity contribution is 7.77. The van der Waals surface area contributed by atoms with Gasteiger partial charge in [0.1, 0.15) is 0 Å². The molecule has 0 radical (unpaired) electrons. The summed E-state index contributed by atoms with van der Waals surface area (Å²) in [4.78, 5) is 16.6. The van der Waals surface area contributed by atoms with Crippen LogP contribution in [0.4, 0.5) is 11.4 Å². The Bertz CT molecular complexity index is 1280. The molecule has 4 rings (SSSR count). The Morgan fingerprint density at radius 2 is 1.62 bits per heavy atom. The van der Waals surface area contributed by atoms with Crippen LogP contribution in [0, 0.1) is 0 Å². The van der Waals surface area contributed by atoms with Crippen LogP contribution in [0.1, 0.15) is 27.5 Å². The zero-order chi connectivity index (χ0) is 23.9. The summed E-state index contributed by atoms with van der Waals surface area (Å²) in [6, 6.07) is 25.7. The van der Waals surface area contributed by atoms with Crippen LogP contribution in [0.3, 0.4) is 0 Å². The molecule has 0 aliphatic rings. The van der Waals surface area contributed by atoms with Gasteiger partial charge in [0, 0.05) is 29.3 Å². The van der Waals surface area contributed by atoms with E-state index in [1.54, 1.807) is 42.7 Å². The number of nitrogens with zero attached hydrogens (tertiary/aromatic N) is 1. The highest BCUT2D eigenvalue weighted by atomic mass is 32.2. The average Bonchev–Trinajstić information content (AvgIpc) is 2.86. The Balaban J connectivity index is 1.57. The minimum Gasteiger partial charge on any atom is -0.399 e. The molecule has 4 aromatic rings. The third-order valence-corrected chi connectivity index (χ3v) is 5.92. The van der Waals surface area contributed by atoms with Crippen LogP contribution < -0.4 is 15.8 Å². The first-order valence-corrected chi connectivity index (χ1v) is 11.7. The van der Waals surface area contributed by atoms with E-state index < -0.39 is 17.3 Å². The number of rotatable bonds is 8. The van der Waals surface area contributed by atoms with Crippen LogP contribution in [-0.4, -0.2) is 19.7 Å². The molecule has 34 heavy (non-hydrogen) atoms. The molecule has 5 N–H and O–H groups in total. The number of hydrogen-bond donors (Lipinski definition) is 4. The molecule has 1 amide bonds. The van der Waals surface area contributed by atoms with Crippen molar-refractivity contribution in [2.75, 3.05) is 11.1 Å². The lowest BCUT2D eigenvalue weighted by Crippen LogP contribution is -2.25. The summed E-state index contributed by atoms with van der Waals surface area (Å²) in [5.74, 6) is -0.282. The van der Waals surface area contributed by atoms with Crippen molar-refractivity contribution in [2.24, 2.45) is 0 Å². The van der Waals surface area contributed by atoms with E-state index in [1.807, 2.05) is 54.6 Å². The van der Waals surface area contributed by atoms with Crippen LogP contribution >= 0.6 is 0 Å². The van der Waals surface area contributed by atoms with E-state index in [-0.39, 0.29) is 5.91 Å². The summed E-state index contributed by atoms with van der Waals surface area (Å²) in [5, 5.41) is 2.82. The topological polar surface area (TPSA) is 117 Å². The second-order valence-electron chi connectivity index (χ2n) is 7.72. The van der Waals surface area contributed by atoms with Gasteiger partial charge in [-0.05, 0) is 59.0 Å². The maximum Gasteiger partial charge on any atom is 0.255 e. The van der Waals surface area contributed by atoms with Gasteiger partial charge in [-0.3, -0.25) is 14.3 Å². The Morgan fingerprint density at radius 1 is 0.941 bits per heavy atom. The monoisotopic (exact) mass is 472 g/mol. The first-order valence-electron chi connectivity index (χ1n) is 10.6. The molecule has 0 bridgehead atoms. The van der Waals surface area contributed by atoms with Crippen LogP contribution in [0.2, 0.25) is 0 Å². The first kappa shape index (κ1) is 23.3. The van der Waals surface area contributed by atoms with Crippen LogP contribution in [0.15, 0.2) is 97.3 Å². The second kappa shape index (κ2) is 10.8. The third-order valence-electron chi connectivity index (χ3n) is 5.43. The number of amides is 1. The Kier molecular flexibility index (Phi) is 7.44. The van der Waals surface area contributed by atoms with Gasteiger partial charge in [0.15, 0.2) is 0 Å². The van der Waals surface area contributed by atoms with Crippen LogP contribution in [-0.2, 0) is 17.7 Å². The smallest absolute Gasteiger partial charge is 0.255 e. The molecular formula is C26H24N4O3S. The summed E-state index contributed by atoms with van der Waals surface area (Å²) in [6.07, 6.45) is 3.51. The SMILES string of the molecule is Nc1ccc(C(=O)Nc2ccncc2)cc1CC(NS(=O)O)c1ccc(-c2ccccc2)cc1. The molecule has 2 unspecified atom stereocenters. The quantitative estimate of drug-likeness (QED) is 0.221. The van der Waals surface area contributed by atoms with Crippen molar-refractivity contribution in [3.63, 3.8) is 0 Å². The highest BCUT2D eigenvalue weighted by Gasteiger charge is 2.18. The number of pyridine rings is 1. The molecule has 7 nitrogen and oxygen atoms in total. The maximum absolute atomic E-state index is 12.7. The number of aromatic nitrogens is 1.